The van der Waals surface area contributed by atoms with E-state index in [9.17, 15) is 4.57 Å². The minimum atomic E-state index is -3.59. The Labute approximate surface area is 45.4 Å². The van der Waals surface area contributed by atoms with E-state index in [0.717, 1.165) is 8.05 Å². The molecule has 0 spiro atoms. The van der Waals surface area contributed by atoms with Crippen molar-refractivity contribution in [1.29, 1.82) is 0 Å². The Bertz CT molecular complexity index is 83.7. The summed E-state index contributed by atoms with van der Waals surface area (Å²) in [6.45, 7) is 0. The van der Waals surface area contributed by atoms with Crippen LogP contribution in [-0.2, 0) is 13.2 Å². The molecule has 0 saturated carbocycles. The van der Waals surface area contributed by atoms with E-state index in [1.807, 2.05) is 0 Å². The largest absolute Gasteiger partial charge is 0.446 e. The van der Waals surface area contributed by atoms with Gasteiger partial charge in [-0.1, -0.05) is 0 Å². The first-order valence-corrected chi connectivity index (χ1v) is 3.88. The van der Waals surface area contributed by atoms with Gasteiger partial charge < -0.3 is 13.5 Å². The highest BCUT2D eigenvalue weighted by Gasteiger charge is 2.11. The lowest BCUT2D eigenvalue weighted by Crippen LogP contribution is -1.86. The first kappa shape index (κ1) is 7.39. The predicted molar refractivity (Wildman–Crippen MR) is 30.5 cm³/mol. The molecule has 0 aliphatic rings. The maximum Gasteiger partial charge on any atom is 0.446 e. The highest BCUT2D eigenvalue weighted by Crippen LogP contribution is 2.39. The van der Waals surface area contributed by atoms with Gasteiger partial charge in [0, 0.05) is 0 Å². The van der Waals surface area contributed by atoms with E-state index in [4.69, 9.17) is 4.89 Å². The molecule has 0 aromatic heterocycles. The highest BCUT2D eigenvalue weighted by molar-refractivity contribution is 7.49. The van der Waals surface area contributed by atoms with Gasteiger partial charge in [0.2, 0.25) is 0 Å². The number of hydrogen-bond donors (Lipinski definition) is 1. The SMILES string of the molecule is BOP(=O)(O)O[SiH3]. The minimum absolute atomic E-state index is 0.219. The first-order chi connectivity index (χ1) is 3.12. The number of hydrogen-bond acceptors (Lipinski definition) is 3. The molecule has 0 heterocycles. The van der Waals surface area contributed by atoms with Gasteiger partial charge >= 0.3 is 7.82 Å². The summed E-state index contributed by atoms with van der Waals surface area (Å²) in [5.41, 5.74) is 0. The second kappa shape index (κ2) is 2.64. The van der Waals surface area contributed by atoms with E-state index in [1.54, 1.807) is 0 Å². The molecule has 0 aliphatic heterocycles. The maximum atomic E-state index is 10.1. The van der Waals surface area contributed by atoms with E-state index in [2.05, 4.69) is 8.65 Å². The lowest BCUT2D eigenvalue weighted by atomic mass is 10.6. The standard InChI is InChI=1S/BH6O4PSi/c1-4-6(2,3)5-7/h1H2,7H3,(H,2,3). The average molecular weight is 140 g/mol. The van der Waals surface area contributed by atoms with E-state index in [1.165, 1.54) is 0 Å². The molecular weight excluding hydrogens is 134 g/mol. The zero-order valence-electron chi connectivity index (χ0n) is 4.12. The second-order valence-corrected chi connectivity index (χ2v) is 3.60. The molecule has 7 heavy (non-hydrogen) atoms. The Morgan fingerprint density at radius 1 is 1.86 bits per heavy atom. The molecular formula is H6BO4PSi. The fraction of sp³-hybridized carbons (Fsp3) is 0. The average Bonchev–Trinajstić information content (AvgIpc) is 1.68. The summed E-state index contributed by atoms with van der Waals surface area (Å²) < 4.78 is 18.2. The third kappa shape index (κ3) is 3.02. The van der Waals surface area contributed by atoms with Gasteiger partial charge in [-0.3, -0.25) is 0 Å². The summed E-state index contributed by atoms with van der Waals surface area (Å²) in [5, 5.41) is 0. The zero-order chi connectivity index (χ0) is 5.91. The predicted octanol–water partition coefficient (Wildman–Crippen LogP) is -2.05. The van der Waals surface area contributed by atoms with Crippen molar-refractivity contribution < 1.29 is 18.1 Å². The summed E-state index contributed by atoms with van der Waals surface area (Å²) in [6, 6.07) is 0. The summed E-state index contributed by atoms with van der Waals surface area (Å²) in [5.74, 6) is 0. The van der Waals surface area contributed by atoms with Crippen LogP contribution in [0.2, 0.25) is 0 Å². The van der Waals surface area contributed by atoms with Gasteiger partial charge in [0.15, 0.2) is 10.5 Å². The summed E-state index contributed by atoms with van der Waals surface area (Å²) in [4.78, 5) is 8.28. The molecule has 0 fully saturated rings. The molecule has 42 valence electrons. The van der Waals surface area contributed by atoms with Crippen LogP contribution in [0.3, 0.4) is 0 Å². The Morgan fingerprint density at radius 3 is 2.29 bits per heavy atom. The summed E-state index contributed by atoms with van der Waals surface area (Å²) in [7, 11) is -2.25. The Kier molecular flexibility index (Phi) is 2.79. The highest BCUT2D eigenvalue weighted by atomic mass is 31.2. The monoisotopic (exact) mass is 140 g/mol. The van der Waals surface area contributed by atoms with Crippen molar-refractivity contribution in [1.82, 2.24) is 0 Å². The Balaban J connectivity index is 3.61. The molecule has 0 amide bonds. The summed E-state index contributed by atoms with van der Waals surface area (Å²) >= 11 is 0. The van der Waals surface area contributed by atoms with Crippen molar-refractivity contribution in [2.45, 2.75) is 0 Å². The number of rotatable bonds is 2. The van der Waals surface area contributed by atoms with Crippen molar-refractivity contribution in [2.75, 3.05) is 0 Å². The van der Waals surface area contributed by atoms with Crippen LogP contribution >= 0.6 is 7.82 Å². The molecule has 0 aromatic carbocycles. The molecule has 1 unspecified atom stereocenters. The van der Waals surface area contributed by atoms with Crippen LogP contribution < -0.4 is 0 Å². The van der Waals surface area contributed by atoms with E-state index < -0.39 is 7.82 Å². The van der Waals surface area contributed by atoms with Gasteiger partial charge in [0.05, 0.1) is 0 Å². The molecule has 4 nitrogen and oxygen atoms in total. The first-order valence-electron chi connectivity index (χ1n) is 1.56. The maximum absolute atomic E-state index is 10.1. The van der Waals surface area contributed by atoms with Crippen molar-refractivity contribution in [3.63, 3.8) is 0 Å². The van der Waals surface area contributed by atoms with Crippen LogP contribution in [0, 0.1) is 0 Å². The Morgan fingerprint density at radius 2 is 2.29 bits per heavy atom. The third-order valence-corrected chi connectivity index (χ3v) is 2.77. The van der Waals surface area contributed by atoms with E-state index in [0.29, 0.717) is 0 Å². The Hall–Kier alpha value is 0.392. The molecule has 0 saturated heterocycles. The third-order valence-electron chi connectivity index (χ3n) is 0.461. The van der Waals surface area contributed by atoms with Crippen LogP contribution in [0.4, 0.5) is 0 Å². The lowest BCUT2D eigenvalue weighted by Gasteiger charge is -2.03. The van der Waals surface area contributed by atoms with Gasteiger partial charge in [-0.05, 0) is 0 Å². The quantitative estimate of drug-likeness (QED) is 0.354. The topological polar surface area (TPSA) is 55.8 Å². The minimum Gasteiger partial charge on any atom is -0.359 e. The molecule has 1 N–H and O–H groups in total. The van der Waals surface area contributed by atoms with Crippen molar-refractivity contribution >= 4 is 26.4 Å². The molecule has 1 atom stereocenters. The van der Waals surface area contributed by atoms with Gasteiger partial charge in [0.1, 0.15) is 0 Å². The van der Waals surface area contributed by atoms with Crippen LogP contribution in [0.5, 0.6) is 0 Å². The fourth-order valence-corrected chi connectivity index (χ4v) is 0.671. The van der Waals surface area contributed by atoms with E-state index in [-0.39, 0.29) is 10.5 Å². The molecule has 0 rings (SSSR count). The summed E-state index contributed by atoms with van der Waals surface area (Å²) in [6.07, 6.45) is 0. The lowest BCUT2D eigenvalue weighted by molar-refractivity contribution is 0.309. The van der Waals surface area contributed by atoms with Gasteiger partial charge in [0.25, 0.3) is 8.05 Å². The van der Waals surface area contributed by atoms with Crippen LogP contribution in [0.1, 0.15) is 0 Å². The smallest absolute Gasteiger partial charge is 0.359 e. The van der Waals surface area contributed by atoms with Gasteiger partial charge in [-0.2, -0.15) is 0 Å². The fourth-order valence-electron chi connectivity index (χ4n) is 0.0745. The molecule has 0 aliphatic carbocycles. The van der Waals surface area contributed by atoms with Crippen molar-refractivity contribution in [3.8, 4) is 0 Å². The van der Waals surface area contributed by atoms with Crippen molar-refractivity contribution in [2.24, 2.45) is 0 Å². The van der Waals surface area contributed by atoms with Gasteiger partial charge in [-0.15, -0.1) is 0 Å². The molecule has 7 heteroatoms. The zero-order valence-corrected chi connectivity index (χ0v) is 7.01. The van der Waals surface area contributed by atoms with Crippen LogP contribution in [0.15, 0.2) is 0 Å². The second-order valence-electron chi connectivity index (χ2n) is 0.834. The molecule has 0 bridgehead atoms. The van der Waals surface area contributed by atoms with Gasteiger partial charge in [-0.25, -0.2) is 4.57 Å². The number of phosphoric acid groups is 1. The normalized spacial score (nSPS) is 19.0. The van der Waals surface area contributed by atoms with Crippen LogP contribution in [-0.4, -0.2) is 23.4 Å². The van der Waals surface area contributed by atoms with Crippen LogP contribution in [0.25, 0.3) is 0 Å². The molecule has 0 radical (unpaired) electrons. The molecule has 0 aromatic rings. The van der Waals surface area contributed by atoms with E-state index >= 15 is 0 Å². The van der Waals surface area contributed by atoms with Crippen molar-refractivity contribution in [3.05, 3.63) is 0 Å².